The van der Waals surface area contributed by atoms with Crippen LogP contribution in [0.2, 0.25) is 0 Å². The van der Waals surface area contributed by atoms with E-state index >= 15 is 0 Å². The summed E-state index contributed by atoms with van der Waals surface area (Å²) in [5, 5.41) is 0. The van der Waals surface area contributed by atoms with E-state index in [1.54, 1.807) is 7.11 Å². The second-order valence-electron chi connectivity index (χ2n) is 5.03. The monoisotopic (exact) mass is 385 g/mol. The highest BCUT2D eigenvalue weighted by Gasteiger charge is 2.33. The van der Waals surface area contributed by atoms with Crippen LogP contribution < -0.4 is 4.74 Å². The van der Waals surface area contributed by atoms with Gasteiger partial charge in [-0.1, -0.05) is 40.8 Å². The Hall–Kier alpha value is -1.04. The van der Waals surface area contributed by atoms with Crippen molar-refractivity contribution < 1.29 is 9.53 Å². The number of hydrogen-bond acceptors (Lipinski definition) is 2. The summed E-state index contributed by atoms with van der Waals surface area (Å²) in [5.74, 6) is 1.50. The molecule has 0 aliphatic carbocycles. The van der Waals surface area contributed by atoms with E-state index in [1.807, 2.05) is 35.2 Å². The van der Waals surface area contributed by atoms with Crippen LogP contribution >= 0.6 is 22.6 Å². The molecule has 2 atom stereocenters. The minimum absolute atomic E-state index is 0.251. The van der Waals surface area contributed by atoms with Gasteiger partial charge >= 0.3 is 0 Å². The maximum absolute atomic E-state index is 12.2. The standard InChI is InChI=1S/C16H20INO2/c1-3-13-6-9-16(19)18(15(13)10-17)11-12-4-7-14(20-2)8-5-12/h3-5,7-8,13,15H,1,6,9-11H2,2H3/t13-,15+/m1/s1. The van der Waals surface area contributed by atoms with Gasteiger partial charge in [0.1, 0.15) is 5.75 Å². The molecule has 1 saturated heterocycles. The van der Waals surface area contributed by atoms with Gasteiger partial charge in [-0.2, -0.15) is 0 Å². The molecule has 1 amide bonds. The number of hydrogen-bond donors (Lipinski definition) is 0. The van der Waals surface area contributed by atoms with Crippen molar-refractivity contribution in [3.8, 4) is 5.75 Å². The van der Waals surface area contributed by atoms with Crippen LogP contribution in [0.25, 0.3) is 0 Å². The van der Waals surface area contributed by atoms with Gasteiger partial charge in [0.25, 0.3) is 0 Å². The molecular weight excluding hydrogens is 365 g/mol. The van der Waals surface area contributed by atoms with E-state index in [9.17, 15) is 4.79 Å². The lowest BCUT2D eigenvalue weighted by atomic mass is 9.89. The number of ether oxygens (including phenoxy) is 1. The van der Waals surface area contributed by atoms with Crippen LogP contribution in [0.1, 0.15) is 18.4 Å². The fraction of sp³-hybridized carbons (Fsp3) is 0.438. The van der Waals surface area contributed by atoms with Crippen LogP contribution in [0.3, 0.4) is 0 Å². The predicted molar refractivity (Wildman–Crippen MR) is 89.1 cm³/mol. The predicted octanol–water partition coefficient (Wildman–Crippen LogP) is 3.42. The molecule has 0 radical (unpaired) electrons. The third-order valence-corrected chi connectivity index (χ3v) is 4.78. The Bertz CT molecular complexity index is 472. The molecule has 108 valence electrons. The molecule has 3 nitrogen and oxygen atoms in total. The van der Waals surface area contributed by atoms with Crippen molar-refractivity contribution in [1.82, 2.24) is 4.90 Å². The summed E-state index contributed by atoms with van der Waals surface area (Å²) in [5.41, 5.74) is 1.14. The molecule has 0 spiro atoms. The van der Waals surface area contributed by atoms with Crippen LogP contribution in [0, 0.1) is 5.92 Å². The number of alkyl halides is 1. The van der Waals surface area contributed by atoms with Gasteiger partial charge in [0, 0.05) is 23.4 Å². The lowest BCUT2D eigenvalue weighted by Crippen LogP contribution is -2.48. The number of rotatable bonds is 5. The van der Waals surface area contributed by atoms with Gasteiger partial charge in [-0.15, -0.1) is 6.58 Å². The highest BCUT2D eigenvalue weighted by molar-refractivity contribution is 14.1. The molecule has 1 aliphatic rings. The van der Waals surface area contributed by atoms with E-state index < -0.39 is 0 Å². The van der Waals surface area contributed by atoms with Crippen LogP contribution in [0.5, 0.6) is 5.75 Å². The number of amides is 1. The summed E-state index contributed by atoms with van der Waals surface area (Å²) in [6.45, 7) is 4.58. The summed E-state index contributed by atoms with van der Waals surface area (Å²) in [7, 11) is 1.66. The van der Waals surface area contributed by atoms with Gasteiger partial charge in [-0.3, -0.25) is 4.79 Å². The molecule has 1 aromatic rings. The quantitative estimate of drug-likeness (QED) is 0.442. The third-order valence-electron chi connectivity index (χ3n) is 3.88. The van der Waals surface area contributed by atoms with Crippen molar-refractivity contribution in [2.24, 2.45) is 5.92 Å². The molecule has 0 N–H and O–H groups in total. The fourth-order valence-corrected chi connectivity index (χ4v) is 3.78. The second-order valence-corrected chi connectivity index (χ2v) is 5.91. The van der Waals surface area contributed by atoms with Crippen molar-refractivity contribution >= 4 is 28.5 Å². The zero-order valence-corrected chi connectivity index (χ0v) is 13.9. The van der Waals surface area contributed by atoms with Gasteiger partial charge in [-0.25, -0.2) is 0 Å². The summed E-state index contributed by atoms with van der Waals surface area (Å²) in [4.78, 5) is 14.2. The molecule has 0 saturated carbocycles. The topological polar surface area (TPSA) is 29.5 Å². The Labute approximate surface area is 134 Å². The molecular formula is C16H20INO2. The van der Waals surface area contributed by atoms with Crippen LogP contribution in [0.4, 0.5) is 0 Å². The first-order valence-corrected chi connectivity index (χ1v) is 8.33. The molecule has 1 fully saturated rings. The largest absolute Gasteiger partial charge is 0.497 e. The molecule has 1 heterocycles. The van der Waals surface area contributed by atoms with E-state index in [1.165, 1.54) is 0 Å². The number of methoxy groups -OCH3 is 1. The smallest absolute Gasteiger partial charge is 0.223 e. The second kappa shape index (κ2) is 7.11. The molecule has 0 unspecified atom stereocenters. The SMILES string of the molecule is C=C[C@@H]1CCC(=O)N(Cc2ccc(OC)cc2)[C@H]1CI. The Morgan fingerprint density at radius 1 is 1.45 bits per heavy atom. The molecule has 1 aliphatic heterocycles. The number of nitrogens with zero attached hydrogens (tertiary/aromatic N) is 1. The number of halogens is 1. The lowest BCUT2D eigenvalue weighted by molar-refractivity contribution is -0.137. The highest BCUT2D eigenvalue weighted by atomic mass is 127. The van der Waals surface area contributed by atoms with Crippen LogP contribution in [-0.2, 0) is 11.3 Å². The molecule has 0 bridgehead atoms. The zero-order valence-electron chi connectivity index (χ0n) is 11.7. The van der Waals surface area contributed by atoms with E-state index in [-0.39, 0.29) is 11.9 Å². The highest BCUT2D eigenvalue weighted by Crippen LogP contribution is 2.28. The minimum atomic E-state index is 0.251. The average molecular weight is 385 g/mol. The Morgan fingerprint density at radius 2 is 2.15 bits per heavy atom. The van der Waals surface area contributed by atoms with E-state index in [0.29, 0.717) is 18.9 Å². The zero-order chi connectivity index (χ0) is 14.5. The average Bonchev–Trinajstić information content (AvgIpc) is 2.49. The van der Waals surface area contributed by atoms with Crippen LogP contribution in [0.15, 0.2) is 36.9 Å². The van der Waals surface area contributed by atoms with Gasteiger partial charge in [0.05, 0.1) is 7.11 Å². The molecule has 0 aromatic heterocycles. The normalized spacial score (nSPS) is 22.7. The molecule has 2 rings (SSSR count). The molecule has 1 aromatic carbocycles. The summed E-state index contributed by atoms with van der Waals surface area (Å²) in [6, 6.07) is 8.18. The van der Waals surface area contributed by atoms with Crippen molar-refractivity contribution in [1.29, 1.82) is 0 Å². The first kappa shape index (κ1) is 15.4. The van der Waals surface area contributed by atoms with Gasteiger partial charge in [-0.05, 0) is 30.0 Å². The lowest BCUT2D eigenvalue weighted by Gasteiger charge is -2.39. The maximum atomic E-state index is 12.2. The Kier molecular flexibility index (Phi) is 5.46. The summed E-state index contributed by atoms with van der Waals surface area (Å²) < 4.78 is 6.10. The van der Waals surface area contributed by atoms with Crippen molar-refractivity contribution in [2.75, 3.05) is 11.5 Å². The number of piperidine rings is 1. The van der Waals surface area contributed by atoms with E-state index in [2.05, 4.69) is 29.2 Å². The Morgan fingerprint density at radius 3 is 2.70 bits per heavy atom. The number of carbonyl (C=O) groups excluding carboxylic acids is 1. The van der Waals surface area contributed by atoms with E-state index in [0.717, 1.165) is 22.2 Å². The van der Waals surface area contributed by atoms with Gasteiger partial charge < -0.3 is 9.64 Å². The maximum Gasteiger partial charge on any atom is 0.223 e. The first-order valence-electron chi connectivity index (χ1n) is 6.80. The summed E-state index contributed by atoms with van der Waals surface area (Å²) >= 11 is 2.36. The molecule has 4 heteroatoms. The first-order chi connectivity index (χ1) is 9.69. The van der Waals surface area contributed by atoms with Crippen molar-refractivity contribution in [3.63, 3.8) is 0 Å². The van der Waals surface area contributed by atoms with Crippen molar-refractivity contribution in [2.45, 2.75) is 25.4 Å². The van der Waals surface area contributed by atoms with Crippen LogP contribution in [-0.4, -0.2) is 28.4 Å². The number of likely N-dealkylation sites (tertiary alicyclic amines) is 1. The number of benzene rings is 1. The van der Waals surface area contributed by atoms with Crippen molar-refractivity contribution in [3.05, 3.63) is 42.5 Å². The fourth-order valence-electron chi connectivity index (χ4n) is 2.65. The molecule has 20 heavy (non-hydrogen) atoms. The summed E-state index contributed by atoms with van der Waals surface area (Å²) in [6.07, 6.45) is 3.55. The number of carbonyl (C=O) groups is 1. The minimum Gasteiger partial charge on any atom is -0.497 e. The Balaban J connectivity index is 2.14. The third kappa shape index (κ3) is 3.34. The van der Waals surface area contributed by atoms with Gasteiger partial charge in [0.2, 0.25) is 5.91 Å². The van der Waals surface area contributed by atoms with E-state index in [4.69, 9.17) is 4.74 Å². The van der Waals surface area contributed by atoms with Gasteiger partial charge in [0.15, 0.2) is 0 Å².